The Labute approximate surface area is 244 Å². The van der Waals surface area contributed by atoms with Crippen LogP contribution >= 0.6 is 11.6 Å². The van der Waals surface area contributed by atoms with Crippen molar-refractivity contribution in [3.63, 3.8) is 0 Å². The first-order valence-electron chi connectivity index (χ1n) is 13.0. The van der Waals surface area contributed by atoms with E-state index in [1.165, 1.54) is 18.7 Å². The highest BCUT2D eigenvalue weighted by Crippen LogP contribution is 2.37. The number of carbonyl (C=O) groups excluding carboxylic acids is 1. The van der Waals surface area contributed by atoms with Crippen LogP contribution in [0.5, 0.6) is 0 Å². The third-order valence-corrected chi connectivity index (χ3v) is 6.91. The molecule has 4 aromatic rings. The maximum absolute atomic E-state index is 13.3. The van der Waals surface area contributed by atoms with Crippen LogP contribution in [0.1, 0.15) is 21.5 Å². The molecular weight excluding hydrogens is 575 g/mol. The van der Waals surface area contributed by atoms with Crippen LogP contribution < -0.4 is 15.5 Å². The number of hydrogen-bond donors (Lipinski definition) is 3. The summed E-state index contributed by atoms with van der Waals surface area (Å²) in [5, 5.41) is 12.3. The molecule has 5 rings (SSSR count). The lowest BCUT2D eigenvalue weighted by molar-refractivity contribution is -0.137. The Morgan fingerprint density at radius 1 is 1.10 bits per heavy atom. The number of aryl methyl sites for hydroxylation is 1. The molecule has 0 radical (unpaired) electrons. The molecule has 1 aliphatic rings. The molecule has 1 fully saturated rings. The molecule has 0 aliphatic carbocycles. The Kier molecular flexibility index (Phi) is 8.85. The van der Waals surface area contributed by atoms with Crippen LogP contribution in [0.2, 0.25) is 5.02 Å². The van der Waals surface area contributed by atoms with Gasteiger partial charge < -0.3 is 15.4 Å². The van der Waals surface area contributed by atoms with Crippen molar-refractivity contribution >= 4 is 46.5 Å². The number of benzene rings is 2. The molecular formula is C27H27ClF3N9O2. The average Bonchev–Trinajstić information content (AvgIpc) is 3.50. The van der Waals surface area contributed by atoms with E-state index in [4.69, 9.17) is 16.3 Å². The number of ether oxygens (including phenoxy) is 1. The van der Waals surface area contributed by atoms with Crippen LogP contribution in [-0.2, 0) is 10.9 Å². The molecule has 1 amide bonds. The first kappa shape index (κ1) is 29.2. The molecule has 0 unspecified atom stereocenters. The smallest absolute Gasteiger partial charge is 0.379 e. The Hall–Kier alpha value is -4.27. The monoisotopic (exact) mass is 601 g/mol. The number of anilines is 5. The number of rotatable bonds is 9. The van der Waals surface area contributed by atoms with Crippen LogP contribution in [0.3, 0.4) is 0 Å². The van der Waals surface area contributed by atoms with E-state index in [0.717, 1.165) is 50.5 Å². The van der Waals surface area contributed by atoms with Gasteiger partial charge in [-0.25, -0.2) is 15.1 Å². The van der Waals surface area contributed by atoms with Crippen LogP contribution in [0.15, 0.2) is 55.1 Å². The molecule has 1 saturated heterocycles. The molecule has 2 aromatic heterocycles. The number of morpholine rings is 1. The first-order valence-corrected chi connectivity index (χ1v) is 13.4. The number of amides is 1. The summed E-state index contributed by atoms with van der Waals surface area (Å²) < 4.78 is 45.4. The van der Waals surface area contributed by atoms with Gasteiger partial charge in [-0.2, -0.15) is 23.3 Å². The third kappa shape index (κ3) is 6.95. The van der Waals surface area contributed by atoms with Crippen molar-refractivity contribution in [2.24, 2.45) is 0 Å². The summed E-state index contributed by atoms with van der Waals surface area (Å²) >= 11 is 5.71. The van der Waals surface area contributed by atoms with Gasteiger partial charge in [0.25, 0.3) is 5.91 Å². The number of hydrogen-bond acceptors (Lipinski definition) is 9. The fourth-order valence-corrected chi connectivity index (χ4v) is 4.63. The highest BCUT2D eigenvalue weighted by atomic mass is 35.5. The zero-order valence-electron chi connectivity index (χ0n) is 22.5. The number of nitrogens with one attached hydrogen (secondary N) is 3. The maximum Gasteiger partial charge on any atom is 0.417 e. The lowest BCUT2D eigenvalue weighted by atomic mass is 10.1. The Morgan fingerprint density at radius 3 is 2.64 bits per heavy atom. The summed E-state index contributed by atoms with van der Waals surface area (Å²) in [5.74, 6) is 0.692. The normalized spacial score (nSPS) is 14.0. The molecule has 3 N–H and O–H groups in total. The van der Waals surface area contributed by atoms with Gasteiger partial charge in [0.2, 0.25) is 5.95 Å². The molecule has 0 bridgehead atoms. The van der Waals surface area contributed by atoms with Gasteiger partial charge in [-0.05, 0) is 42.8 Å². The molecule has 15 heteroatoms. The Morgan fingerprint density at radius 2 is 1.90 bits per heavy atom. The van der Waals surface area contributed by atoms with Crippen molar-refractivity contribution in [1.82, 2.24) is 30.0 Å². The second kappa shape index (κ2) is 12.7. The molecule has 3 heterocycles. The lowest BCUT2D eigenvalue weighted by Gasteiger charge is -2.26. The molecule has 1 aliphatic heterocycles. The molecule has 42 heavy (non-hydrogen) atoms. The number of H-pyrrole nitrogens is 1. The van der Waals surface area contributed by atoms with Gasteiger partial charge in [0.15, 0.2) is 0 Å². The summed E-state index contributed by atoms with van der Waals surface area (Å²) in [5.41, 5.74) is 0.456. The van der Waals surface area contributed by atoms with Crippen LogP contribution in [-0.4, -0.2) is 75.3 Å². The molecule has 0 spiro atoms. The largest absolute Gasteiger partial charge is 0.417 e. The van der Waals surface area contributed by atoms with E-state index < -0.39 is 22.7 Å². The molecule has 11 nitrogen and oxygen atoms in total. The van der Waals surface area contributed by atoms with E-state index in [0.29, 0.717) is 35.5 Å². The van der Waals surface area contributed by atoms with Gasteiger partial charge in [0.1, 0.15) is 24.3 Å². The highest BCUT2D eigenvalue weighted by Gasteiger charge is 2.34. The quantitative estimate of drug-likeness (QED) is 0.242. The number of aromatic amines is 1. The zero-order chi connectivity index (χ0) is 29.7. The summed E-state index contributed by atoms with van der Waals surface area (Å²) in [4.78, 5) is 30.0. The van der Waals surface area contributed by atoms with E-state index in [1.54, 1.807) is 29.2 Å². The number of halogens is 4. The van der Waals surface area contributed by atoms with Crippen molar-refractivity contribution in [2.75, 3.05) is 54.9 Å². The minimum Gasteiger partial charge on any atom is -0.379 e. The van der Waals surface area contributed by atoms with Crippen molar-refractivity contribution in [3.8, 4) is 0 Å². The Balaban J connectivity index is 1.39. The lowest BCUT2D eigenvalue weighted by Crippen LogP contribution is -2.39. The van der Waals surface area contributed by atoms with E-state index in [-0.39, 0.29) is 5.56 Å². The average molecular weight is 602 g/mol. The fraction of sp³-hybridized carbons (Fsp3) is 0.296. The van der Waals surface area contributed by atoms with Gasteiger partial charge in [-0.1, -0.05) is 17.7 Å². The zero-order valence-corrected chi connectivity index (χ0v) is 23.2. The number of nitrogens with zero attached hydrogens (tertiary/aromatic N) is 6. The van der Waals surface area contributed by atoms with Crippen LogP contribution in [0, 0.1) is 6.92 Å². The topological polar surface area (TPSA) is 124 Å². The van der Waals surface area contributed by atoms with Gasteiger partial charge in [-0.3, -0.25) is 14.6 Å². The molecule has 0 saturated carbocycles. The van der Waals surface area contributed by atoms with Crippen molar-refractivity contribution < 1.29 is 22.7 Å². The SMILES string of the molecule is Cc1ccc(NC(=O)c2ccc(Cl)c(C(F)(F)F)c2)cc1N(c1cc(NCCN2CCOCC2)ncn1)c1ncn[nH]1. The summed E-state index contributed by atoms with van der Waals surface area (Å²) in [6, 6.07) is 9.85. The fourth-order valence-electron chi connectivity index (χ4n) is 4.40. The number of aromatic nitrogens is 5. The second-order valence-corrected chi connectivity index (χ2v) is 9.84. The minimum atomic E-state index is -4.70. The summed E-state index contributed by atoms with van der Waals surface area (Å²) in [7, 11) is 0. The van der Waals surface area contributed by atoms with Gasteiger partial charge in [0, 0.05) is 43.5 Å². The van der Waals surface area contributed by atoms with Crippen molar-refractivity contribution in [1.29, 1.82) is 0 Å². The van der Waals surface area contributed by atoms with Gasteiger partial charge in [0.05, 0.1) is 29.5 Å². The van der Waals surface area contributed by atoms with Crippen LogP contribution in [0.25, 0.3) is 0 Å². The summed E-state index contributed by atoms with van der Waals surface area (Å²) in [6.45, 7) is 6.55. The second-order valence-electron chi connectivity index (χ2n) is 9.43. The predicted octanol–water partition coefficient (Wildman–Crippen LogP) is 5.04. The number of alkyl halides is 3. The third-order valence-electron chi connectivity index (χ3n) is 6.58. The minimum absolute atomic E-state index is 0.190. The van der Waals surface area contributed by atoms with Gasteiger partial charge in [-0.15, -0.1) is 0 Å². The van der Waals surface area contributed by atoms with Crippen molar-refractivity contribution in [2.45, 2.75) is 13.1 Å². The van der Waals surface area contributed by atoms with E-state index >= 15 is 0 Å². The van der Waals surface area contributed by atoms with Crippen molar-refractivity contribution in [3.05, 3.63) is 76.8 Å². The first-order chi connectivity index (χ1) is 20.2. The molecule has 220 valence electrons. The van der Waals surface area contributed by atoms with Crippen LogP contribution in [0.4, 0.5) is 42.1 Å². The molecule has 0 atom stereocenters. The van der Waals surface area contributed by atoms with Gasteiger partial charge >= 0.3 is 6.18 Å². The Bertz CT molecular complexity index is 1530. The highest BCUT2D eigenvalue weighted by molar-refractivity contribution is 6.31. The number of carbonyl (C=O) groups is 1. The van der Waals surface area contributed by atoms with E-state index in [9.17, 15) is 18.0 Å². The van der Waals surface area contributed by atoms with E-state index in [2.05, 4.69) is 40.7 Å². The predicted molar refractivity (Wildman–Crippen MR) is 152 cm³/mol. The maximum atomic E-state index is 13.3. The molecule has 2 aromatic carbocycles. The summed E-state index contributed by atoms with van der Waals surface area (Å²) in [6.07, 6.45) is -1.92. The van der Waals surface area contributed by atoms with E-state index in [1.807, 2.05) is 6.92 Å². The standard InChI is InChI=1S/C27H27ClF3N9O2/c1-17-2-4-19(37-25(41)18-3-5-21(28)20(12-18)27(29,30)31)13-22(17)40(26-35-16-36-38-26)24-14-23(33-15-34-24)32-6-7-39-8-10-42-11-9-39/h2-5,12-16H,6-11H2,1H3,(H,37,41)(H,32,33,34)(H,35,36,38).